The topological polar surface area (TPSA) is 74.6 Å². The second-order valence-corrected chi connectivity index (χ2v) is 5.96. The largest absolute Gasteiger partial charge is 0.550 e. The summed E-state index contributed by atoms with van der Waals surface area (Å²) in [5, 5.41) is 11.6. The van der Waals surface area contributed by atoms with Gasteiger partial charge in [-0.1, -0.05) is 13.3 Å². The Kier molecular flexibility index (Phi) is 5.84. The number of carboxylic acids is 1. The van der Waals surface area contributed by atoms with E-state index in [0.717, 1.165) is 29.3 Å². The lowest BCUT2D eigenvalue weighted by Gasteiger charge is -2.16. The van der Waals surface area contributed by atoms with Crippen LogP contribution in [0.15, 0.2) is 24.4 Å². The summed E-state index contributed by atoms with van der Waals surface area (Å²) < 4.78 is 7.31. The molecule has 1 aromatic carbocycles. The van der Waals surface area contributed by atoms with Crippen LogP contribution in [0.1, 0.15) is 31.7 Å². The maximum Gasteiger partial charge on any atom is 0.414 e. The van der Waals surface area contributed by atoms with Gasteiger partial charge in [0.25, 0.3) is 0 Å². The lowest BCUT2D eigenvalue weighted by atomic mass is 10.1. The molecule has 6 nitrogen and oxygen atoms in total. The lowest BCUT2D eigenvalue weighted by molar-refractivity contribution is -0.305. The molecule has 0 saturated carbocycles. The van der Waals surface area contributed by atoms with Gasteiger partial charge >= 0.3 is 6.09 Å². The molecule has 1 aromatic heterocycles. The van der Waals surface area contributed by atoms with E-state index >= 15 is 0 Å². The quantitative estimate of drug-likeness (QED) is 0.778. The predicted octanol–water partition coefficient (Wildman–Crippen LogP) is 2.09. The van der Waals surface area contributed by atoms with E-state index in [1.165, 1.54) is 0 Å². The van der Waals surface area contributed by atoms with Crippen LogP contribution in [0.2, 0.25) is 0 Å². The second-order valence-electron chi connectivity index (χ2n) is 5.96. The van der Waals surface area contributed by atoms with E-state index in [1.54, 1.807) is 24.1 Å². The number of amides is 1. The summed E-state index contributed by atoms with van der Waals surface area (Å²) in [7, 11) is 3.60. The third kappa shape index (κ3) is 4.28. The van der Waals surface area contributed by atoms with Crippen LogP contribution in [0.3, 0.4) is 0 Å². The van der Waals surface area contributed by atoms with Crippen molar-refractivity contribution in [3.63, 3.8) is 0 Å². The molecule has 24 heavy (non-hydrogen) atoms. The van der Waals surface area contributed by atoms with Crippen molar-refractivity contribution in [2.45, 2.75) is 32.6 Å². The summed E-state index contributed by atoms with van der Waals surface area (Å²) in [6, 6.07) is 5.38. The molecular formula is C18H23N2O4-. The highest BCUT2D eigenvalue weighted by molar-refractivity contribution is 5.86. The molecule has 2 aromatic rings. The van der Waals surface area contributed by atoms with Crippen molar-refractivity contribution in [3.05, 3.63) is 30.0 Å². The number of carbonyl (C=O) groups is 2. The first-order chi connectivity index (χ1) is 11.4. The first-order valence-corrected chi connectivity index (χ1v) is 8.13. The Labute approximate surface area is 141 Å². The molecule has 0 bridgehead atoms. The summed E-state index contributed by atoms with van der Waals surface area (Å²) in [5.41, 5.74) is 1.83. The standard InChI is InChI=1S/C18H24N2O4/c1-4-5-10-19(2)18(23)24-14-7-8-15-13(6-9-17(21)22)12-20(3)16(15)11-14/h7-8,11-12H,4-6,9-10H2,1-3H3,(H,21,22)/p-1. The van der Waals surface area contributed by atoms with Crippen LogP contribution in [-0.2, 0) is 18.3 Å². The van der Waals surface area contributed by atoms with E-state index in [9.17, 15) is 14.7 Å². The van der Waals surface area contributed by atoms with Gasteiger partial charge in [-0.05, 0) is 37.0 Å². The van der Waals surface area contributed by atoms with E-state index in [4.69, 9.17) is 4.74 Å². The van der Waals surface area contributed by atoms with Crippen LogP contribution in [0.5, 0.6) is 5.75 Å². The number of rotatable bonds is 7. The minimum absolute atomic E-state index is 0.0158. The van der Waals surface area contributed by atoms with E-state index < -0.39 is 5.97 Å². The second kappa shape index (κ2) is 7.86. The number of benzene rings is 1. The fraction of sp³-hybridized carbons (Fsp3) is 0.444. The highest BCUT2D eigenvalue weighted by Gasteiger charge is 2.13. The zero-order valence-electron chi connectivity index (χ0n) is 14.4. The minimum atomic E-state index is -1.06. The number of unbranched alkanes of at least 4 members (excludes halogenated alkanes) is 1. The van der Waals surface area contributed by atoms with Gasteiger partial charge in [-0.3, -0.25) is 0 Å². The summed E-state index contributed by atoms with van der Waals surface area (Å²) in [6.45, 7) is 2.73. The number of carboxylic acid groups (broad SMARTS) is 1. The molecule has 0 aliphatic carbocycles. The molecule has 0 aliphatic rings. The van der Waals surface area contributed by atoms with Crippen LogP contribution in [0.25, 0.3) is 10.9 Å². The first kappa shape index (κ1) is 17.8. The molecule has 1 amide bonds. The Morgan fingerprint density at radius 1 is 1.33 bits per heavy atom. The Morgan fingerprint density at radius 3 is 2.75 bits per heavy atom. The number of aromatic nitrogens is 1. The molecule has 0 fully saturated rings. The molecule has 0 N–H and O–H groups in total. The van der Waals surface area contributed by atoms with E-state index in [-0.39, 0.29) is 12.5 Å². The number of hydrogen-bond donors (Lipinski definition) is 0. The van der Waals surface area contributed by atoms with Gasteiger partial charge in [0.15, 0.2) is 0 Å². The summed E-state index contributed by atoms with van der Waals surface area (Å²) in [5.74, 6) is -0.587. The number of nitrogens with zero attached hydrogens (tertiary/aromatic N) is 2. The lowest BCUT2D eigenvalue weighted by Crippen LogP contribution is -2.30. The molecule has 0 unspecified atom stereocenters. The molecule has 0 spiro atoms. The normalized spacial score (nSPS) is 10.8. The average molecular weight is 331 g/mol. The number of aliphatic carboxylic acids is 1. The average Bonchev–Trinajstić information content (AvgIpc) is 2.86. The fourth-order valence-corrected chi connectivity index (χ4v) is 2.61. The van der Waals surface area contributed by atoms with E-state index in [1.807, 2.05) is 23.9 Å². The summed E-state index contributed by atoms with van der Waals surface area (Å²) in [6.07, 6.45) is 3.86. The van der Waals surface area contributed by atoms with Crippen molar-refractivity contribution < 1.29 is 19.4 Å². The number of ether oxygens (including phenoxy) is 1. The van der Waals surface area contributed by atoms with Crippen molar-refractivity contribution in [1.82, 2.24) is 9.47 Å². The smallest absolute Gasteiger partial charge is 0.414 e. The Hall–Kier alpha value is -2.50. The van der Waals surface area contributed by atoms with Gasteiger partial charge in [-0.2, -0.15) is 0 Å². The van der Waals surface area contributed by atoms with Crippen LogP contribution in [-0.4, -0.2) is 35.1 Å². The number of fused-ring (bicyclic) bond motifs is 1. The van der Waals surface area contributed by atoms with Crippen molar-refractivity contribution in [1.29, 1.82) is 0 Å². The molecule has 130 valence electrons. The predicted molar refractivity (Wildman–Crippen MR) is 89.8 cm³/mol. The number of carbonyl (C=O) groups excluding carboxylic acids is 2. The first-order valence-electron chi connectivity index (χ1n) is 8.13. The van der Waals surface area contributed by atoms with Crippen molar-refractivity contribution >= 4 is 23.0 Å². The SMILES string of the molecule is CCCCN(C)C(=O)Oc1ccc2c(CCC(=O)[O-])cn(C)c2c1. The number of hydrogen-bond acceptors (Lipinski definition) is 4. The van der Waals surface area contributed by atoms with Gasteiger partial charge in [0.1, 0.15) is 5.75 Å². The molecule has 0 atom stereocenters. The highest BCUT2D eigenvalue weighted by atomic mass is 16.6. The molecule has 6 heteroatoms. The molecule has 2 rings (SSSR count). The Balaban J connectivity index is 2.15. The molecule has 0 aliphatic heterocycles. The van der Waals surface area contributed by atoms with Crippen molar-refractivity contribution in [3.8, 4) is 5.75 Å². The van der Waals surface area contributed by atoms with E-state index in [2.05, 4.69) is 6.92 Å². The van der Waals surface area contributed by atoms with Crippen LogP contribution in [0, 0.1) is 0 Å². The van der Waals surface area contributed by atoms with Gasteiger partial charge < -0.3 is 24.1 Å². The van der Waals surface area contributed by atoms with Crippen molar-refractivity contribution in [2.24, 2.45) is 7.05 Å². The van der Waals surface area contributed by atoms with Gasteiger partial charge in [0.05, 0.1) is 5.52 Å². The Bertz CT molecular complexity index is 736. The third-order valence-electron chi connectivity index (χ3n) is 4.01. The monoisotopic (exact) mass is 331 g/mol. The minimum Gasteiger partial charge on any atom is -0.550 e. The highest BCUT2D eigenvalue weighted by Crippen LogP contribution is 2.26. The van der Waals surface area contributed by atoms with Crippen LogP contribution >= 0.6 is 0 Å². The van der Waals surface area contributed by atoms with Crippen LogP contribution < -0.4 is 9.84 Å². The molecular weight excluding hydrogens is 308 g/mol. The van der Waals surface area contributed by atoms with Gasteiger partial charge in [-0.15, -0.1) is 0 Å². The molecule has 0 saturated heterocycles. The summed E-state index contributed by atoms with van der Waals surface area (Å²) >= 11 is 0. The molecule has 0 radical (unpaired) electrons. The van der Waals surface area contributed by atoms with Gasteiger partial charge in [-0.25, -0.2) is 4.79 Å². The number of aryl methyl sites for hydroxylation is 2. The van der Waals surface area contributed by atoms with E-state index in [0.29, 0.717) is 18.7 Å². The zero-order chi connectivity index (χ0) is 17.7. The molecule has 1 heterocycles. The van der Waals surface area contributed by atoms with Crippen LogP contribution in [0.4, 0.5) is 4.79 Å². The van der Waals surface area contributed by atoms with Crippen molar-refractivity contribution in [2.75, 3.05) is 13.6 Å². The summed E-state index contributed by atoms with van der Waals surface area (Å²) in [4.78, 5) is 24.3. The fourth-order valence-electron chi connectivity index (χ4n) is 2.61. The zero-order valence-corrected chi connectivity index (χ0v) is 14.4. The van der Waals surface area contributed by atoms with Gasteiger partial charge in [0, 0.05) is 44.3 Å². The third-order valence-corrected chi connectivity index (χ3v) is 4.01. The maximum absolute atomic E-state index is 12.0. The van der Waals surface area contributed by atoms with Gasteiger partial charge in [0.2, 0.25) is 0 Å². The Morgan fingerprint density at radius 2 is 2.08 bits per heavy atom. The maximum atomic E-state index is 12.0.